The van der Waals surface area contributed by atoms with E-state index in [1.165, 1.54) is 5.56 Å². The van der Waals surface area contributed by atoms with Gasteiger partial charge in [0.25, 0.3) is 5.91 Å². The maximum atomic E-state index is 12.1. The number of benzene rings is 2. The highest BCUT2D eigenvalue weighted by Crippen LogP contribution is 2.25. The van der Waals surface area contributed by atoms with Gasteiger partial charge in [0.15, 0.2) is 6.61 Å². The first-order valence-electron chi connectivity index (χ1n) is 7.56. The van der Waals surface area contributed by atoms with Crippen LogP contribution in [0, 0.1) is 27.7 Å². The van der Waals surface area contributed by atoms with Crippen molar-refractivity contribution in [3.63, 3.8) is 0 Å². The fourth-order valence-corrected chi connectivity index (χ4v) is 2.34. The fraction of sp³-hybridized carbons (Fsp3) is 0.316. The molecule has 0 saturated heterocycles. The summed E-state index contributed by atoms with van der Waals surface area (Å²) in [6.07, 6.45) is 0. The van der Waals surface area contributed by atoms with Gasteiger partial charge in [-0.2, -0.15) is 0 Å². The van der Waals surface area contributed by atoms with Gasteiger partial charge < -0.3 is 14.8 Å². The molecule has 4 heteroatoms. The van der Waals surface area contributed by atoms with Crippen molar-refractivity contribution in [1.82, 2.24) is 0 Å². The number of anilines is 1. The molecule has 23 heavy (non-hydrogen) atoms. The molecule has 1 amide bonds. The SMILES string of the molecule is COc1ccc(C)cc1NC(=O)COc1cc(C)c(C)cc1C. The maximum Gasteiger partial charge on any atom is 0.262 e. The number of amides is 1. The van der Waals surface area contributed by atoms with E-state index in [-0.39, 0.29) is 12.5 Å². The van der Waals surface area contributed by atoms with E-state index in [2.05, 4.69) is 18.3 Å². The van der Waals surface area contributed by atoms with Crippen LogP contribution in [0.3, 0.4) is 0 Å². The average molecular weight is 313 g/mol. The van der Waals surface area contributed by atoms with Crippen molar-refractivity contribution in [1.29, 1.82) is 0 Å². The van der Waals surface area contributed by atoms with Gasteiger partial charge in [-0.05, 0) is 68.1 Å². The predicted molar refractivity (Wildman–Crippen MR) is 92.5 cm³/mol. The van der Waals surface area contributed by atoms with Crippen molar-refractivity contribution in [2.75, 3.05) is 19.0 Å². The molecule has 4 nitrogen and oxygen atoms in total. The first-order valence-corrected chi connectivity index (χ1v) is 7.56. The van der Waals surface area contributed by atoms with E-state index in [0.29, 0.717) is 11.4 Å². The highest BCUT2D eigenvalue weighted by Gasteiger charge is 2.10. The molecule has 1 N–H and O–H groups in total. The Hall–Kier alpha value is -2.49. The standard InChI is InChI=1S/C19H23NO3/c1-12-6-7-17(22-5)16(8-12)20-19(21)11-23-18-10-14(3)13(2)9-15(18)4/h6-10H,11H2,1-5H3,(H,20,21). The van der Waals surface area contributed by atoms with Crippen LogP contribution in [0.5, 0.6) is 11.5 Å². The summed E-state index contributed by atoms with van der Waals surface area (Å²) in [6, 6.07) is 9.66. The van der Waals surface area contributed by atoms with Crippen LogP contribution in [0.1, 0.15) is 22.3 Å². The number of carbonyl (C=O) groups excluding carboxylic acids is 1. The first-order chi connectivity index (χ1) is 10.9. The minimum absolute atomic E-state index is 0.0412. The number of hydrogen-bond acceptors (Lipinski definition) is 3. The maximum absolute atomic E-state index is 12.1. The monoisotopic (exact) mass is 313 g/mol. The number of methoxy groups -OCH3 is 1. The Balaban J connectivity index is 2.04. The van der Waals surface area contributed by atoms with Crippen LogP contribution >= 0.6 is 0 Å². The summed E-state index contributed by atoms with van der Waals surface area (Å²) in [6.45, 7) is 7.98. The molecule has 2 aromatic rings. The van der Waals surface area contributed by atoms with Gasteiger partial charge in [-0.15, -0.1) is 0 Å². The highest BCUT2D eigenvalue weighted by molar-refractivity contribution is 5.93. The second kappa shape index (κ2) is 7.18. The van der Waals surface area contributed by atoms with Gasteiger partial charge in [-0.1, -0.05) is 12.1 Å². The van der Waals surface area contributed by atoms with Gasteiger partial charge in [0.05, 0.1) is 12.8 Å². The van der Waals surface area contributed by atoms with Crippen LogP contribution in [0.4, 0.5) is 5.69 Å². The van der Waals surface area contributed by atoms with Crippen molar-refractivity contribution < 1.29 is 14.3 Å². The van der Waals surface area contributed by atoms with Gasteiger partial charge in [0.2, 0.25) is 0 Å². The smallest absolute Gasteiger partial charge is 0.262 e. The number of hydrogen-bond donors (Lipinski definition) is 1. The third-order valence-electron chi connectivity index (χ3n) is 3.78. The summed E-state index contributed by atoms with van der Waals surface area (Å²) in [4.78, 5) is 12.1. The lowest BCUT2D eigenvalue weighted by molar-refractivity contribution is -0.118. The summed E-state index contributed by atoms with van der Waals surface area (Å²) < 4.78 is 10.9. The molecule has 0 radical (unpaired) electrons. The van der Waals surface area contributed by atoms with Crippen molar-refractivity contribution >= 4 is 11.6 Å². The van der Waals surface area contributed by atoms with E-state index in [1.807, 2.05) is 45.0 Å². The molecule has 2 aromatic carbocycles. The minimum Gasteiger partial charge on any atom is -0.495 e. The van der Waals surface area contributed by atoms with Crippen LogP contribution in [0.15, 0.2) is 30.3 Å². The molecule has 0 aliphatic heterocycles. The van der Waals surface area contributed by atoms with Crippen LogP contribution in [0.2, 0.25) is 0 Å². The Morgan fingerprint density at radius 1 is 0.957 bits per heavy atom. The zero-order chi connectivity index (χ0) is 17.0. The number of rotatable bonds is 5. The lowest BCUT2D eigenvalue weighted by Crippen LogP contribution is -2.21. The van der Waals surface area contributed by atoms with Gasteiger partial charge >= 0.3 is 0 Å². The Bertz CT molecular complexity index is 723. The molecule has 0 aliphatic rings. The second-order valence-corrected chi connectivity index (χ2v) is 5.74. The second-order valence-electron chi connectivity index (χ2n) is 5.74. The number of nitrogens with one attached hydrogen (secondary N) is 1. The molecule has 122 valence electrons. The Labute approximate surface area is 137 Å². The molecular weight excluding hydrogens is 290 g/mol. The zero-order valence-electron chi connectivity index (χ0n) is 14.3. The Morgan fingerprint density at radius 3 is 2.35 bits per heavy atom. The Morgan fingerprint density at radius 2 is 1.65 bits per heavy atom. The molecule has 0 bridgehead atoms. The molecule has 0 aliphatic carbocycles. The lowest BCUT2D eigenvalue weighted by Gasteiger charge is -2.13. The molecule has 0 atom stereocenters. The summed E-state index contributed by atoms with van der Waals surface area (Å²) in [5, 5.41) is 2.83. The molecular formula is C19H23NO3. The summed E-state index contributed by atoms with van der Waals surface area (Å²) >= 11 is 0. The van der Waals surface area contributed by atoms with E-state index < -0.39 is 0 Å². The molecule has 0 fully saturated rings. The summed E-state index contributed by atoms with van der Waals surface area (Å²) in [5.74, 6) is 1.15. The number of aryl methyl sites for hydroxylation is 4. The van der Waals surface area contributed by atoms with E-state index in [1.54, 1.807) is 7.11 Å². The normalized spacial score (nSPS) is 10.3. The van der Waals surface area contributed by atoms with Crippen LogP contribution < -0.4 is 14.8 Å². The highest BCUT2D eigenvalue weighted by atomic mass is 16.5. The van der Waals surface area contributed by atoms with Crippen molar-refractivity contribution in [2.45, 2.75) is 27.7 Å². The van der Waals surface area contributed by atoms with Crippen molar-refractivity contribution in [3.05, 3.63) is 52.6 Å². The number of carbonyl (C=O) groups is 1. The Kier molecular flexibility index (Phi) is 5.27. The topological polar surface area (TPSA) is 47.6 Å². The van der Waals surface area contributed by atoms with Gasteiger partial charge in [-0.3, -0.25) is 4.79 Å². The molecule has 0 unspecified atom stereocenters. The molecule has 2 rings (SSSR count). The number of ether oxygens (including phenoxy) is 2. The van der Waals surface area contributed by atoms with Crippen LogP contribution in [-0.2, 0) is 4.79 Å². The largest absolute Gasteiger partial charge is 0.495 e. The average Bonchev–Trinajstić information content (AvgIpc) is 2.50. The van der Waals surface area contributed by atoms with E-state index in [0.717, 1.165) is 22.4 Å². The minimum atomic E-state index is -0.216. The molecule has 0 heterocycles. The van der Waals surface area contributed by atoms with Gasteiger partial charge in [0, 0.05) is 0 Å². The first kappa shape index (κ1) is 16.9. The van der Waals surface area contributed by atoms with Crippen molar-refractivity contribution in [2.24, 2.45) is 0 Å². The van der Waals surface area contributed by atoms with Gasteiger partial charge in [0.1, 0.15) is 11.5 Å². The predicted octanol–water partition coefficient (Wildman–Crippen LogP) is 3.95. The summed E-state index contributed by atoms with van der Waals surface area (Å²) in [5.41, 5.74) is 5.08. The third-order valence-corrected chi connectivity index (χ3v) is 3.78. The van der Waals surface area contributed by atoms with Crippen LogP contribution in [0.25, 0.3) is 0 Å². The third kappa shape index (κ3) is 4.25. The van der Waals surface area contributed by atoms with E-state index >= 15 is 0 Å². The van der Waals surface area contributed by atoms with E-state index in [9.17, 15) is 4.79 Å². The molecule has 0 saturated carbocycles. The van der Waals surface area contributed by atoms with Gasteiger partial charge in [-0.25, -0.2) is 0 Å². The zero-order valence-corrected chi connectivity index (χ0v) is 14.3. The molecule has 0 spiro atoms. The van der Waals surface area contributed by atoms with E-state index in [4.69, 9.17) is 9.47 Å². The summed E-state index contributed by atoms with van der Waals surface area (Å²) in [7, 11) is 1.58. The fourth-order valence-electron chi connectivity index (χ4n) is 2.34. The quantitative estimate of drug-likeness (QED) is 0.909. The van der Waals surface area contributed by atoms with Crippen LogP contribution in [-0.4, -0.2) is 19.6 Å². The molecule has 0 aromatic heterocycles. The lowest BCUT2D eigenvalue weighted by atomic mass is 10.1. The van der Waals surface area contributed by atoms with Crippen molar-refractivity contribution in [3.8, 4) is 11.5 Å².